The number of halogens is 3. The van der Waals surface area contributed by atoms with E-state index in [1.807, 2.05) is 0 Å². The van der Waals surface area contributed by atoms with Crippen molar-refractivity contribution in [3.63, 3.8) is 0 Å². The second-order valence-electron chi connectivity index (χ2n) is 7.33. The van der Waals surface area contributed by atoms with Crippen LogP contribution in [0.25, 0.3) is 10.2 Å². The largest absolute Gasteiger partial charge is 0.398 e. The number of anilines is 1. The highest BCUT2D eigenvalue weighted by Crippen LogP contribution is 2.34. The molecule has 1 N–H and O–H groups in total. The Bertz CT molecular complexity index is 1170. The molecule has 3 aromatic rings. The molecule has 31 heavy (non-hydrogen) atoms. The molecule has 0 aliphatic heterocycles. The predicted octanol–water partition coefficient (Wildman–Crippen LogP) is 5.02. The number of thioether (sulfide) groups is 1. The van der Waals surface area contributed by atoms with Crippen LogP contribution in [0.3, 0.4) is 0 Å². The summed E-state index contributed by atoms with van der Waals surface area (Å²) in [6, 6.07) is 6.37. The first kappa shape index (κ1) is 21.9. The lowest BCUT2D eigenvalue weighted by Crippen LogP contribution is -2.24. The molecule has 10 heteroatoms. The highest BCUT2D eigenvalue weighted by atomic mass is 32.2. The Labute approximate surface area is 184 Å². The molecule has 0 bridgehead atoms. The Morgan fingerprint density at radius 2 is 2.00 bits per heavy atom. The molecule has 2 aromatic heterocycles. The van der Waals surface area contributed by atoms with Crippen LogP contribution >= 0.6 is 23.1 Å². The van der Waals surface area contributed by atoms with Crippen LogP contribution in [-0.4, -0.2) is 27.4 Å². The van der Waals surface area contributed by atoms with E-state index < -0.39 is 11.9 Å². The standard InChI is InChI=1S/C21H20F3N3O2S2/c22-21(23,24)11-30-16-8-4-2-6-14(16)26-17(28)9-10-27-12-25-19-18(20(27)29)13-5-1-3-7-15(13)31-19/h2,4,6,8,12H,1,3,5,7,9-11H2,(H,26,28). The zero-order valence-electron chi connectivity index (χ0n) is 16.5. The van der Waals surface area contributed by atoms with Crippen molar-refractivity contribution in [2.45, 2.75) is 49.7 Å². The quantitative estimate of drug-likeness (QED) is 0.517. The van der Waals surface area contributed by atoms with E-state index in [1.54, 1.807) is 29.5 Å². The molecule has 0 spiro atoms. The van der Waals surface area contributed by atoms with Gasteiger partial charge in [0.05, 0.1) is 23.2 Å². The van der Waals surface area contributed by atoms with Gasteiger partial charge in [0.2, 0.25) is 5.91 Å². The molecule has 5 nitrogen and oxygen atoms in total. The minimum absolute atomic E-state index is 0.0116. The first-order chi connectivity index (χ1) is 14.8. The number of amides is 1. The third-order valence-electron chi connectivity index (χ3n) is 5.07. The van der Waals surface area contributed by atoms with Crippen LogP contribution in [0.1, 0.15) is 29.7 Å². The number of fused-ring (bicyclic) bond motifs is 3. The maximum Gasteiger partial charge on any atom is 0.398 e. The summed E-state index contributed by atoms with van der Waals surface area (Å²) in [6.45, 7) is 0.149. The van der Waals surface area contributed by atoms with Crippen molar-refractivity contribution >= 4 is 44.9 Å². The molecule has 0 atom stereocenters. The number of alkyl halides is 3. The fraction of sp³-hybridized carbons (Fsp3) is 0.381. The van der Waals surface area contributed by atoms with Gasteiger partial charge in [-0.25, -0.2) is 4.98 Å². The average molecular weight is 468 g/mol. The van der Waals surface area contributed by atoms with E-state index in [4.69, 9.17) is 0 Å². The van der Waals surface area contributed by atoms with Crippen LogP contribution in [0.15, 0.2) is 40.3 Å². The van der Waals surface area contributed by atoms with Gasteiger partial charge in [0.25, 0.3) is 5.56 Å². The lowest BCUT2D eigenvalue weighted by atomic mass is 9.97. The van der Waals surface area contributed by atoms with E-state index >= 15 is 0 Å². The lowest BCUT2D eigenvalue weighted by molar-refractivity contribution is -0.116. The molecule has 1 amide bonds. The smallest absolute Gasteiger partial charge is 0.325 e. The number of carbonyl (C=O) groups excluding carboxylic acids is 1. The van der Waals surface area contributed by atoms with Crippen molar-refractivity contribution in [1.29, 1.82) is 0 Å². The second kappa shape index (κ2) is 9.04. The van der Waals surface area contributed by atoms with Crippen molar-refractivity contribution in [1.82, 2.24) is 9.55 Å². The number of nitrogens with zero attached hydrogens (tertiary/aromatic N) is 2. The molecular weight excluding hydrogens is 447 g/mol. The van der Waals surface area contributed by atoms with Gasteiger partial charge in [-0.3, -0.25) is 14.2 Å². The van der Waals surface area contributed by atoms with E-state index in [2.05, 4.69) is 10.3 Å². The van der Waals surface area contributed by atoms with E-state index in [9.17, 15) is 22.8 Å². The van der Waals surface area contributed by atoms with Crippen LogP contribution in [0.5, 0.6) is 0 Å². The maximum atomic E-state index is 13.0. The van der Waals surface area contributed by atoms with Crippen LogP contribution in [0, 0.1) is 0 Å². The van der Waals surface area contributed by atoms with Crippen molar-refractivity contribution in [3.8, 4) is 0 Å². The molecule has 164 valence electrons. The van der Waals surface area contributed by atoms with Gasteiger partial charge in [0, 0.05) is 22.7 Å². The van der Waals surface area contributed by atoms with Crippen molar-refractivity contribution in [2.24, 2.45) is 0 Å². The summed E-state index contributed by atoms with van der Waals surface area (Å²) >= 11 is 2.20. The van der Waals surface area contributed by atoms with Crippen molar-refractivity contribution in [3.05, 3.63) is 51.4 Å². The number of aryl methyl sites for hydroxylation is 3. The number of hydrogen-bond acceptors (Lipinski definition) is 5. The minimum Gasteiger partial charge on any atom is -0.325 e. The third kappa shape index (κ3) is 5.12. The molecule has 0 fully saturated rings. The summed E-state index contributed by atoms with van der Waals surface area (Å²) in [4.78, 5) is 32.1. The van der Waals surface area contributed by atoms with Gasteiger partial charge in [0.1, 0.15) is 4.83 Å². The number of para-hydroxylation sites is 1. The summed E-state index contributed by atoms with van der Waals surface area (Å²) in [7, 11) is 0. The Kier molecular flexibility index (Phi) is 6.38. The number of rotatable bonds is 6. The summed E-state index contributed by atoms with van der Waals surface area (Å²) in [6.07, 6.45) is 1.21. The van der Waals surface area contributed by atoms with Crippen LogP contribution in [0.2, 0.25) is 0 Å². The van der Waals surface area contributed by atoms with Gasteiger partial charge >= 0.3 is 6.18 Å². The predicted molar refractivity (Wildman–Crippen MR) is 117 cm³/mol. The second-order valence-corrected chi connectivity index (χ2v) is 9.43. The van der Waals surface area contributed by atoms with E-state index in [1.165, 1.54) is 21.8 Å². The molecule has 0 unspecified atom stereocenters. The minimum atomic E-state index is -4.30. The fourth-order valence-corrected chi connectivity index (χ4v) is 5.62. The van der Waals surface area contributed by atoms with Crippen LogP contribution < -0.4 is 10.9 Å². The van der Waals surface area contributed by atoms with Gasteiger partial charge in [0.15, 0.2) is 0 Å². The monoisotopic (exact) mass is 467 g/mol. The van der Waals surface area contributed by atoms with E-state index in [0.29, 0.717) is 27.7 Å². The lowest BCUT2D eigenvalue weighted by Gasteiger charge is -2.12. The Balaban J connectivity index is 1.45. The first-order valence-corrected chi connectivity index (χ1v) is 11.7. The zero-order valence-corrected chi connectivity index (χ0v) is 18.1. The Morgan fingerprint density at radius 3 is 2.81 bits per heavy atom. The molecular formula is C21H20F3N3O2S2. The number of thiophene rings is 1. The maximum absolute atomic E-state index is 13.0. The molecule has 0 saturated heterocycles. The number of nitrogens with one attached hydrogen (secondary N) is 1. The van der Waals surface area contributed by atoms with Gasteiger partial charge in [-0.1, -0.05) is 12.1 Å². The molecule has 2 heterocycles. The highest BCUT2D eigenvalue weighted by Gasteiger charge is 2.27. The molecule has 1 aliphatic carbocycles. The Morgan fingerprint density at radius 1 is 1.23 bits per heavy atom. The van der Waals surface area contributed by atoms with Gasteiger partial charge in [-0.2, -0.15) is 13.2 Å². The topological polar surface area (TPSA) is 64.0 Å². The molecule has 0 radical (unpaired) electrons. The van der Waals surface area contributed by atoms with Gasteiger partial charge < -0.3 is 5.32 Å². The molecule has 1 aliphatic rings. The molecule has 4 rings (SSSR count). The summed E-state index contributed by atoms with van der Waals surface area (Å²) in [5, 5.41) is 3.32. The number of benzene rings is 1. The number of aromatic nitrogens is 2. The van der Waals surface area contributed by atoms with E-state index in [-0.39, 0.29) is 24.4 Å². The third-order valence-corrected chi connectivity index (χ3v) is 7.41. The SMILES string of the molecule is O=C(CCn1cnc2sc3c(c2c1=O)CCCC3)Nc1ccccc1SCC(F)(F)F. The van der Waals surface area contributed by atoms with Crippen molar-refractivity contribution < 1.29 is 18.0 Å². The average Bonchev–Trinajstić information content (AvgIpc) is 3.11. The Hall–Kier alpha value is -2.33. The first-order valence-electron chi connectivity index (χ1n) is 9.90. The zero-order chi connectivity index (χ0) is 22.0. The normalized spacial score (nSPS) is 13.9. The molecule has 1 aromatic carbocycles. The van der Waals surface area contributed by atoms with Crippen LogP contribution in [0.4, 0.5) is 18.9 Å². The fourth-order valence-electron chi connectivity index (χ4n) is 3.63. The van der Waals surface area contributed by atoms with Gasteiger partial charge in [-0.15, -0.1) is 23.1 Å². The van der Waals surface area contributed by atoms with Gasteiger partial charge in [-0.05, 0) is 43.4 Å². The summed E-state index contributed by atoms with van der Waals surface area (Å²) in [5.74, 6) is -1.41. The summed E-state index contributed by atoms with van der Waals surface area (Å²) in [5.41, 5.74) is 1.28. The summed E-state index contributed by atoms with van der Waals surface area (Å²) < 4.78 is 39.0. The number of hydrogen-bond donors (Lipinski definition) is 1. The van der Waals surface area contributed by atoms with E-state index in [0.717, 1.165) is 36.1 Å². The van der Waals surface area contributed by atoms with Crippen LogP contribution in [-0.2, 0) is 24.2 Å². The molecule has 0 saturated carbocycles. The van der Waals surface area contributed by atoms with Crippen molar-refractivity contribution in [2.75, 3.05) is 11.1 Å². The number of carbonyl (C=O) groups is 1. The highest BCUT2D eigenvalue weighted by molar-refractivity contribution is 7.99.